The van der Waals surface area contributed by atoms with Gasteiger partial charge in [0.15, 0.2) is 11.5 Å². The fourth-order valence-electron chi connectivity index (χ4n) is 4.01. The number of benzene rings is 2. The molecular weight excluding hydrogens is 517 g/mol. The average molecular weight is 549 g/mol. The molecule has 1 N–H and O–H groups in total. The third-order valence-electron chi connectivity index (χ3n) is 5.95. The van der Waals surface area contributed by atoms with E-state index in [1.165, 1.54) is 12.8 Å². The van der Waals surface area contributed by atoms with Gasteiger partial charge in [0.2, 0.25) is 0 Å². The van der Waals surface area contributed by atoms with Gasteiger partial charge in [-0.3, -0.25) is 4.90 Å². The van der Waals surface area contributed by atoms with E-state index < -0.39 is 0 Å². The summed E-state index contributed by atoms with van der Waals surface area (Å²) in [4.78, 5) is 5.98. The van der Waals surface area contributed by atoms with Crippen LogP contribution in [-0.2, 0) is 6.54 Å². The molecule has 9 heteroatoms. The molecule has 36 heavy (non-hydrogen) atoms. The normalized spacial score (nSPS) is 12.8. The van der Waals surface area contributed by atoms with Crippen molar-refractivity contribution in [2.24, 2.45) is 0 Å². The number of nitrogens with one attached hydrogen (secondary N) is 1. The Morgan fingerprint density at radius 1 is 1.11 bits per heavy atom. The van der Waals surface area contributed by atoms with E-state index in [-0.39, 0.29) is 37.8 Å². The number of aromatic nitrogens is 2. The van der Waals surface area contributed by atoms with Gasteiger partial charge in [-0.15, -0.1) is 35.0 Å². The third-order valence-corrected chi connectivity index (χ3v) is 6.25. The van der Waals surface area contributed by atoms with Crippen LogP contribution >= 0.6 is 36.4 Å². The summed E-state index contributed by atoms with van der Waals surface area (Å²) in [6, 6.07) is 11.2. The van der Waals surface area contributed by atoms with E-state index in [0.717, 1.165) is 29.4 Å². The van der Waals surface area contributed by atoms with Gasteiger partial charge in [0, 0.05) is 17.3 Å². The summed E-state index contributed by atoms with van der Waals surface area (Å²) < 4.78 is 5.22. The molecule has 2 heterocycles. The largest absolute Gasteiger partial charge is 0.495 e. The smallest absolute Gasteiger partial charge is 0.188 e. The minimum atomic E-state index is -0.231. The average Bonchev–Trinajstić information content (AvgIpc) is 3.37. The number of rotatable bonds is 5. The first-order valence-electron chi connectivity index (χ1n) is 10.9. The summed E-state index contributed by atoms with van der Waals surface area (Å²) >= 11 is 6.25. The lowest BCUT2D eigenvalue weighted by molar-refractivity contribution is 0.214. The lowest BCUT2D eigenvalue weighted by Gasteiger charge is -2.30. The Morgan fingerprint density at radius 2 is 1.83 bits per heavy atom. The van der Waals surface area contributed by atoms with E-state index in [1.807, 2.05) is 30.3 Å². The molecule has 0 atom stereocenters. The van der Waals surface area contributed by atoms with Crippen molar-refractivity contribution in [3.05, 3.63) is 64.1 Å². The molecule has 0 radical (unpaired) electrons. The molecule has 0 unspecified atom stereocenters. The Balaban J connectivity index is 0.00000216. The molecule has 1 fully saturated rings. The summed E-state index contributed by atoms with van der Waals surface area (Å²) in [6.07, 6.45) is 2.43. The molecule has 1 aromatic heterocycles. The number of nitrogens with zero attached hydrogens (tertiary/aromatic N) is 4. The molecule has 1 aliphatic heterocycles. The maximum atomic E-state index is 7.41. The summed E-state index contributed by atoms with van der Waals surface area (Å²) in [7, 11) is 1.59. The first-order chi connectivity index (χ1) is 15.9. The number of methoxy groups -OCH3 is 1. The Kier molecular flexibility index (Phi) is 11.8. The predicted octanol–water partition coefficient (Wildman–Crippen LogP) is 7.16. The number of fused-ring (bicyclic) bond motifs is 1. The third kappa shape index (κ3) is 6.93. The minimum absolute atomic E-state index is 0. The van der Waals surface area contributed by atoms with Gasteiger partial charge in [-0.05, 0) is 69.5 Å². The lowest BCUT2D eigenvalue weighted by Crippen LogP contribution is -2.40. The van der Waals surface area contributed by atoms with Crippen molar-refractivity contribution in [3.63, 3.8) is 0 Å². The second-order valence-electron chi connectivity index (χ2n) is 8.56. The fraction of sp³-hybridized carbons (Fsp3) is 0.370. The van der Waals surface area contributed by atoms with E-state index in [4.69, 9.17) is 22.9 Å². The minimum Gasteiger partial charge on any atom is -0.495 e. The molecule has 1 aliphatic rings. The standard InChI is InChI=1S/C26H26ClN5O.CH4.2ClH/c1-26(2,32-13-5-6-14-32)12-11-23-20-9-8-19(28-3)16-21(20)25(31-30-23)29-17-18-7-10-24(33-4)22(27)15-18;;;/h7-10,15-16H,5-6,13-14,17H2,1-2,4H3,(H,29,31);1H4;2*1H. The van der Waals surface area contributed by atoms with Crippen molar-refractivity contribution in [2.75, 3.05) is 25.5 Å². The number of anilines is 1. The van der Waals surface area contributed by atoms with Crippen LogP contribution in [0, 0.1) is 18.4 Å². The number of ether oxygens (including phenoxy) is 1. The highest BCUT2D eigenvalue weighted by Crippen LogP contribution is 2.29. The second-order valence-corrected chi connectivity index (χ2v) is 8.97. The number of hydrogen-bond donors (Lipinski definition) is 1. The highest BCUT2D eigenvalue weighted by molar-refractivity contribution is 6.32. The van der Waals surface area contributed by atoms with Crippen LogP contribution in [0.15, 0.2) is 36.4 Å². The highest BCUT2D eigenvalue weighted by Gasteiger charge is 2.27. The van der Waals surface area contributed by atoms with Crippen molar-refractivity contribution < 1.29 is 4.74 Å². The molecule has 0 amide bonds. The zero-order valence-corrected chi connectivity index (χ0v) is 22.3. The van der Waals surface area contributed by atoms with Gasteiger partial charge in [-0.2, -0.15) is 0 Å². The molecule has 0 bridgehead atoms. The van der Waals surface area contributed by atoms with Gasteiger partial charge < -0.3 is 10.1 Å². The monoisotopic (exact) mass is 547 g/mol. The van der Waals surface area contributed by atoms with Crippen LogP contribution in [-0.4, -0.2) is 40.8 Å². The summed E-state index contributed by atoms with van der Waals surface area (Å²) in [5, 5.41) is 14.4. The van der Waals surface area contributed by atoms with Gasteiger partial charge in [-0.1, -0.05) is 43.1 Å². The van der Waals surface area contributed by atoms with E-state index >= 15 is 0 Å². The molecule has 2 aromatic carbocycles. The van der Waals surface area contributed by atoms with Crippen LogP contribution in [0.3, 0.4) is 0 Å². The lowest BCUT2D eigenvalue weighted by atomic mass is 10.0. The zero-order chi connectivity index (χ0) is 23.4. The zero-order valence-electron chi connectivity index (χ0n) is 19.9. The van der Waals surface area contributed by atoms with Crippen molar-refractivity contribution in [2.45, 2.75) is 46.2 Å². The maximum absolute atomic E-state index is 7.41. The molecule has 0 aliphatic carbocycles. The van der Waals surface area contributed by atoms with Crippen LogP contribution in [0.5, 0.6) is 5.75 Å². The van der Waals surface area contributed by atoms with E-state index in [1.54, 1.807) is 13.2 Å². The topological polar surface area (TPSA) is 54.6 Å². The van der Waals surface area contributed by atoms with Crippen LogP contribution in [0.2, 0.25) is 5.02 Å². The van der Waals surface area contributed by atoms with Crippen molar-refractivity contribution in [3.8, 4) is 17.6 Å². The van der Waals surface area contributed by atoms with Crippen molar-refractivity contribution in [1.82, 2.24) is 15.1 Å². The number of hydrogen-bond acceptors (Lipinski definition) is 5. The quantitative estimate of drug-likeness (QED) is 0.271. The van der Waals surface area contributed by atoms with Gasteiger partial charge >= 0.3 is 0 Å². The first-order valence-corrected chi connectivity index (χ1v) is 11.3. The van der Waals surface area contributed by atoms with Gasteiger partial charge in [-0.25, -0.2) is 4.85 Å². The summed E-state index contributed by atoms with van der Waals surface area (Å²) in [6.45, 7) is 14.3. The predicted molar refractivity (Wildman–Crippen MR) is 154 cm³/mol. The molecule has 4 rings (SSSR count). The van der Waals surface area contributed by atoms with E-state index in [0.29, 0.717) is 34.5 Å². The van der Waals surface area contributed by atoms with Crippen LogP contribution < -0.4 is 10.1 Å². The Labute approximate surface area is 231 Å². The maximum Gasteiger partial charge on any atom is 0.188 e. The molecular formula is C27H32Cl3N5O. The van der Waals surface area contributed by atoms with Gasteiger partial charge in [0.1, 0.15) is 11.4 Å². The van der Waals surface area contributed by atoms with Crippen LogP contribution in [0.25, 0.3) is 15.6 Å². The molecule has 0 saturated carbocycles. The first kappa shape index (κ1) is 31.3. The van der Waals surface area contributed by atoms with E-state index in [9.17, 15) is 0 Å². The Morgan fingerprint density at radius 3 is 2.47 bits per heavy atom. The molecule has 3 aromatic rings. The summed E-state index contributed by atoms with van der Waals surface area (Å²) in [5.41, 5.74) is 1.91. The second kappa shape index (κ2) is 13.5. The SMILES string of the molecule is C.Cl.Cl.[C-]#[N+]c1ccc2c(C#CC(C)(C)N3CCCC3)nnc(NCc3ccc(OC)c(Cl)c3)c2c1. The molecule has 192 valence electrons. The number of halogens is 3. The fourth-order valence-corrected chi connectivity index (χ4v) is 4.29. The van der Waals surface area contributed by atoms with E-state index in [2.05, 4.69) is 50.9 Å². The Hall–Kier alpha value is -2.74. The van der Waals surface area contributed by atoms with Crippen molar-refractivity contribution >= 4 is 58.7 Å². The highest BCUT2D eigenvalue weighted by atomic mass is 35.5. The molecule has 0 spiro atoms. The van der Waals surface area contributed by atoms with Gasteiger partial charge in [0.05, 0.1) is 24.2 Å². The number of likely N-dealkylation sites (tertiary alicyclic amines) is 1. The van der Waals surface area contributed by atoms with Crippen molar-refractivity contribution in [1.29, 1.82) is 0 Å². The van der Waals surface area contributed by atoms with Crippen LogP contribution in [0.1, 0.15) is 45.4 Å². The summed E-state index contributed by atoms with van der Waals surface area (Å²) in [5.74, 6) is 7.90. The molecule has 1 saturated heterocycles. The van der Waals surface area contributed by atoms with Gasteiger partial charge in [0.25, 0.3) is 0 Å². The Bertz CT molecular complexity index is 1290. The molecule has 6 nitrogen and oxygen atoms in total. The van der Waals surface area contributed by atoms with Crippen LogP contribution in [0.4, 0.5) is 11.5 Å².